The van der Waals surface area contributed by atoms with Gasteiger partial charge in [-0.05, 0) is 31.9 Å². The van der Waals surface area contributed by atoms with Crippen molar-refractivity contribution in [3.8, 4) is 11.8 Å². The molecule has 5 heteroatoms. The number of nitrogens with zero attached hydrogens (tertiary/aromatic N) is 5. The Morgan fingerprint density at radius 2 is 1.53 bits per heavy atom. The SMILES string of the molecule is CCN(CC)c1nnc(C#Cc2ccccc2)nn1. The number of benzene rings is 1. The molecule has 0 aliphatic carbocycles. The van der Waals surface area contributed by atoms with Crippen molar-refractivity contribution in [2.75, 3.05) is 18.0 Å². The maximum Gasteiger partial charge on any atom is 0.264 e. The molecular formula is C14H15N5. The molecule has 1 aromatic heterocycles. The van der Waals surface area contributed by atoms with Crippen LogP contribution in [0.3, 0.4) is 0 Å². The Morgan fingerprint density at radius 1 is 0.895 bits per heavy atom. The number of rotatable bonds is 3. The molecule has 0 aliphatic rings. The molecule has 0 aliphatic heterocycles. The molecule has 0 saturated carbocycles. The zero-order valence-electron chi connectivity index (χ0n) is 11.0. The van der Waals surface area contributed by atoms with Crippen molar-refractivity contribution < 1.29 is 0 Å². The van der Waals surface area contributed by atoms with Crippen LogP contribution in [0.1, 0.15) is 25.2 Å². The van der Waals surface area contributed by atoms with Gasteiger partial charge in [-0.25, -0.2) is 0 Å². The minimum atomic E-state index is 0.333. The van der Waals surface area contributed by atoms with E-state index in [9.17, 15) is 0 Å². The first-order valence-electron chi connectivity index (χ1n) is 6.23. The molecule has 2 aromatic rings. The molecule has 0 fully saturated rings. The van der Waals surface area contributed by atoms with E-state index < -0.39 is 0 Å². The van der Waals surface area contributed by atoms with Gasteiger partial charge in [0.1, 0.15) is 0 Å². The Labute approximate surface area is 112 Å². The molecule has 0 bridgehead atoms. The van der Waals surface area contributed by atoms with E-state index in [1.807, 2.05) is 49.1 Å². The topological polar surface area (TPSA) is 54.8 Å². The molecule has 19 heavy (non-hydrogen) atoms. The lowest BCUT2D eigenvalue weighted by Gasteiger charge is -2.16. The van der Waals surface area contributed by atoms with Crippen LogP contribution in [-0.4, -0.2) is 33.5 Å². The second-order valence-corrected chi connectivity index (χ2v) is 3.81. The van der Waals surface area contributed by atoms with E-state index in [1.165, 1.54) is 0 Å². The van der Waals surface area contributed by atoms with Gasteiger partial charge in [0.2, 0.25) is 5.82 Å². The molecule has 0 radical (unpaired) electrons. The van der Waals surface area contributed by atoms with Crippen LogP contribution in [0.2, 0.25) is 0 Å². The lowest BCUT2D eigenvalue weighted by Crippen LogP contribution is -2.25. The van der Waals surface area contributed by atoms with Gasteiger partial charge in [0, 0.05) is 18.7 Å². The zero-order valence-corrected chi connectivity index (χ0v) is 11.0. The standard InChI is InChI=1S/C14H15N5/c1-3-19(4-2)14-17-15-13(16-18-14)11-10-12-8-6-5-7-9-12/h5-9H,3-4H2,1-2H3. The Hall–Kier alpha value is -2.48. The van der Waals surface area contributed by atoms with Gasteiger partial charge in [0.05, 0.1) is 0 Å². The normalized spacial score (nSPS) is 9.58. The highest BCUT2D eigenvalue weighted by Gasteiger charge is 2.05. The third kappa shape index (κ3) is 3.49. The van der Waals surface area contributed by atoms with Gasteiger partial charge < -0.3 is 4.90 Å². The third-order valence-electron chi connectivity index (χ3n) is 2.61. The number of hydrogen-bond acceptors (Lipinski definition) is 5. The van der Waals surface area contributed by atoms with Crippen LogP contribution >= 0.6 is 0 Å². The second kappa shape index (κ2) is 6.45. The minimum Gasteiger partial charge on any atom is -0.339 e. The van der Waals surface area contributed by atoms with Crippen LogP contribution in [-0.2, 0) is 0 Å². The van der Waals surface area contributed by atoms with E-state index in [1.54, 1.807) is 0 Å². The second-order valence-electron chi connectivity index (χ2n) is 3.81. The van der Waals surface area contributed by atoms with Crippen molar-refractivity contribution in [3.63, 3.8) is 0 Å². The van der Waals surface area contributed by atoms with Crippen LogP contribution in [0.15, 0.2) is 30.3 Å². The highest BCUT2D eigenvalue weighted by molar-refractivity contribution is 5.37. The molecule has 0 atom stereocenters. The quantitative estimate of drug-likeness (QED) is 0.776. The first-order valence-corrected chi connectivity index (χ1v) is 6.23. The first kappa shape index (κ1) is 13.0. The van der Waals surface area contributed by atoms with Gasteiger partial charge in [0.15, 0.2) is 0 Å². The van der Waals surface area contributed by atoms with Crippen molar-refractivity contribution in [2.24, 2.45) is 0 Å². The lowest BCUT2D eigenvalue weighted by atomic mass is 10.2. The summed E-state index contributed by atoms with van der Waals surface area (Å²) in [7, 11) is 0. The summed E-state index contributed by atoms with van der Waals surface area (Å²) < 4.78 is 0. The average Bonchev–Trinajstić information content (AvgIpc) is 2.49. The van der Waals surface area contributed by atoms with Crippen LogP contribution in [0.4, 0.5) is 5.95 Å². The molecule has 0 N–H and O–H groups in total. The lowest BCUT2D eigenvalue weighted by molar-refractivity contribution is 0.748. The van der Waals surface area contributed by atoms with Crippen molar-refractivity contribution in [2.45, 2.75) is 13.8 Å². The van der Waals surface area contributed by atoms with Gasteiger partial charge >= 0.3 is 0 Å². The smallest absolute Gasteiger partial charge is 0.264 e. The Morgan fingerprint density at radius 3 is 2.11 bits per heavy atom. The van der Waals surface area contributed by atoms with Gasteiger partial charge in [-0.15, -0.1) is 20.4 Å². The molecule has 0 saturated heterocycles. The number of hydrogen-bond donors (Lipinski definition) is 0. The van der Waals surface area contributed by atoms with Gasteiger partial charge in [0.25, 0.3) is 5.95 Å². The summed E-state index contributed by atoms with van der Waals surface area (Å²) in [5, 5.41) is 16.0. The summed E-state index contributed by atoms with van der Waals surface area (Å²) in [4.78, 5) is 1.98. The molecule has 0 spiro atoms. The molecule has 0 amide bonds. The van der Waals surface area contributed by atoms with Crippen LogP contribution in [0, 0.1) is 11.8 Å². The average molecular weight is 253 g/mol. The van der Waals surface area contributed by atoms with Gasteiger partial charge in [-0.2, -0.15) is 0 Å². The van der Waals surface area contributed by atoms with Crippen molar-refractivity contribution in [3.05, 3.63) is 41.7 Å². The van der Waals surface area contributed by atoms with E-state index in [4.69, 9.17) is 0 Å². The minimum absolute atomic E-state index is 0.333. The number of aromatic nitrogens is 4. The first-order chi connectivity index (χ1) is 9.33. The highest BCUT2D eigenvalue weighted by Crippen LogP contribution is 2.01. The predicted molar refractivity (Wildman–Crippen MR) is 73.6 cm³/mol. The monoisotopic (exact) mass is 253 g/mol. The summed E-state index contributed by atoms with van der Waals surface area (Å²) >= 11 is 0. The Balaban J connectivity index is 2.14. The molecule has 1 aromatic carbocycles. The fraction of sp³-hybridized carbons (Fsp3) is 0.286. The van der Waals surface area contributed by atoms with Gasteiger partial charge in [-0.3, -0.25) is 0 Å². The summed E-state index contributed by atoms with van der Waals surface area (Å²) in [6.45, 7) is 5.73. The maximum absolute atomic E-state index is 4.03. The fourth-order valence-electron chi connectivity index (χ4n) is 1.56. The van der Waals surface area contributed by atoms with E-state index in [0.29, 0.717) is 11.8 Å². The van der Waals surface area contributed by atoms with Crippen LogP contribution in [0.5, 0.6) is 0 Å². The molecule has 96 valence electrons. The summed E-state index contributed by atoms with van der Waals surface area (Å²) in [6.07, 6.45) is 0. The molecule has 5 nitrogen and oxygen atoms in total. The molecule has 0 unspecified atom stereocenters. The summed E-state index contributed by atoms with van der Waals surface area (Å²) in [6, 6.07) is 9.68. The number of anilines is 1. The van der Waals surface area contributed by atoms with Gasteiger partial charge in [-0.1, -0.05) is 24.1 Å². The van der Waals surface area contributed by atoms with E-state index in [-0.39, 0.29) is 0 Å². The van der Waals surface area contributed by atoms with E-state index >= 15 is 0 Å². The predicted octanol–water partition coefficient (Wildman–Crippen LogP) is 1.51. The maximum atomic E-state index is 4.03. The third-order valence-corrected chi connectivity index (χ3v) is 2.61. The highest BCUT2D eigenvalue weighted by atomic mass is 15.4. The van der Waals surface area contributed by atoms with Crippen LogP contribution < -0.4 is 4.90 Å². The van der Waals surface area contributed by atoms with Crippen LogP contribution in [0.25, 0.3) is 0 Å². The molecule has 1 heterocycles. The molecule has 2 rings (SSSR count). The van der Waals surface area contributed by atoms with Crippen molar-refractivity contribution in [1.29, 1.82) is 0 Å². The fourth-order valence-corrected chi connectivity index (χ4v) is 1.56. The Bertz CT molecular complexity index is 564. The van der Waals surface area contributed by atoms with Crippen molar-refractivity contribution in [1.82, 2.24) is 20.4 Å². The van der Waals surface area contributed by atoms with E-state index in [2.05, 4.69) is 32.2 Å². The summed E-state index contributed by atoms with van der Waals surface area (Å²) in [5.74, 6) is 6.69. The largest absolute Gasteiger partial charge is 0.339 e. The summed E-state index contributed by atoms with van der Waals surface area (Å²) in [5.41, 5.74) is 0.916. The van der Waals surface area contributed by atoms with Crippen molar-refractivity contribution >= 4 is 5.95 Å². The molecular weight excluding hydrogens is 238 g/mol. The zero-order chi connectivity index (χ0) is 13.5. The van der Waals surface area contributed by atoms with E-state index in [0.717, 1.165) is 18.7 Å². The Kier molecular flexibility index (Phi) is 4.40.